The summed E-state index contributed by atoms with van der Waals surface area (Å²) < 4.78 is 5.49. The SMILES string of the molecule is CCOc1cccc(CNC(Cc2c[nH]c3ccccc23)C(=O)O)c1. The van der Waals surface area contributed by atoms with Crippen molar-refractivity contribution in [3.05, 3.63) is 65.9 Å². The molecule has 0 fully saturated rings. The fourth-order valence-electron chi connectivity index (χ4n) is 2.92. The minimum atomic E-state index is -0.855. The molecule has 2 aromatic carbocycles. The lowest BCUT2D eigenvalue weighted by molar-refractivity contribution is -0.139. The van der Waals surface area contributed by atoms with Crippen LogP contribution in [0.1, 0.15) is 18.1 Å². The van der Waals surface area contributed by atoms with Crippen molar-refractivity contribution in [2.45, 2.75) is 25.9 Å². The van der Waals surface area contributed by atoms with Crippen molar-refractivity contribution < 1.29 is 14.6 Å². The third-order valence-electron chi connectivity index (χ3n) is 4.16. The van der Waals surface area contributed by atoms with Gasteiger partial charge in [0.2, 0.25) is 0 Å². The molecule has 1 atom stereocenters. The van der Waals surface area contributed by atoms with E-state index in [1.54, 1.807) is 0 Å². The van der Waals surface area contributed by atoms with Crippen molar-refractivity contribution in [2.75, 3.05) is 6.61 Å². The van der Waals surface area contributed by atoms with Crippen molar-refractivity contribution in [2.24, 2.45) is 0 Å². The van der Waals surface area contributed by atoms with E-state index in [4.69, 9.17) is 4.74 Å². The highest BCUT2D eigenvalue weighted by Gasteiger charge is 2.19. The maximum atomic E-state index is 11.7. The van der Waals surface area contributed by atoms with Crippen molar-refractivity contribution in [3.8, 4) is 5.75 Å². The molecule has 0 saturated carbocycles. The molecule has 0 spiro atoms. The van der Waals surface area contributed by atoms with Gasteiger partial charge in [-0.1, -0.05) is 30.3 Å². The van der Waals surface area contributed by atoms with Gasteiger partial charge in [-0.2, -0.15) is 0 Å². The number of rotatable bonds is 8. The second-order valence-corrected chi connectivity index (χ2v) is 5.92. The molecule has 0 saturated heterocycles. The predicted molar refractivity (Wildman–Crippen MR) is 97.9 cm³/mol. The van der Waals surface area contributed by atoms with E-state index < -0.39 is 12.0 Å². The summed E-state index contributed by atoms with van der Waals surface area (Å²) in [7, 11) is 0. The number of aromatic amines is 1. The van der Waals surface area contributed by atoms with E-state index in [1.807, 2.05) is 61.7 Å². The third-order valence-corrected chi connectivity index (χ3v) is 4.16. The Kier molecular flexibility index (Phi) is 5.36. The van der Waals surface area contributed by atoms with Gasteiger partial charge in [0.25, 0.3) is 0 Å². The van der Waals surface area contributed by atoms with Gasteiger partial charge in [0, 0.05) is 30.1 Å². The number of H-pyrrole nitrogens is 1. The minimum absolute atomic E-state index is 0.421. The Morgan fingerprint density at radius 1 is 1.24 bits per heavy atom. The summed E-state index contributed by atoms with van der Waals surface area (Å²) in [5.41, 5.74) is 3.01. The van der Waals surface area contributed by atoms with Crippen molar-refractivity contribution in [1.82, 2.24) is 10.3 Å². The molecule has 3 N–H and O–H groups in total. The van der Waals surface area contributed by atoms with E-state index in [0.29, 0.717) is 19.6 Å². The van der Waals surface area contributed by atoms with Gasteiger partial charge in [-0.15, -0.1) is 0 Å². The Bertz CT molecular complexity index is 857. The highest BCUT2D eigenvalue weighted by atomic mass is 16.5. The van der Waals surface area contributed by atoms with Gasteiger partial charge in [-0.3, -0.25) is 4.79 Å². The van der Waals surface area contributed by atoms with E-state index in [9.17, 15) is 9.90 Å². The number of benzene rings is 2. The van der Waals surface area contributed by atoms with Crippen molar-refractivity contribution in [1.29, 1.82) is 0 Å². The number of aliphatic carboxylic acids is 1. The van der Waals surface area contributed by atoms with Crippen molar-refractivity contribution >= 4 is 16.9 Å². The summed E-state index contributed by atoms with van der Waals surface area (Å²) in [4.78, 5) is 14.8. The van der Waals surface area contributed by atoms with Gasteiger partial charge in [0.05, 0.1) is 6.61 Å². The van der Waals surface area contributed by atoms with Gasteiger partial charge in [-0.05, 0) is 36.2 Å². The van der Waals surface area contributed by atoms with Gasteiger partial charge in [-0.25, -0.2) is 0 Å². The smallest absolute Gasteiger partial charge is 0.321 e. The van der Waals surface area contributed by atoms with Crippen LogP contribution in [0.5, 0.6) is 5.75 Å². The predicted octanol–water partition coefficient (Wildman–Crippen LogP) is 3.35. The zero-order valence-electron chi connectivity index (χ0n) is 14.2. The Balaban J connectivity index is 1.69. The van der Waals surface area contributed by atoms with Crippen LogP contribution in [-0.2, 0) is 17.8 Å². The summed E-state index contributed by atoms with van der Waals surface area (Å²) in [5.74, 6) is -0.0588. The molecule has 0 aliphatic carbocycles. The lowest BCUT2D eigenvalue weighted by Gasteiger charge is -2.15. The number of carbonyl (C=O) groups is 1. The summed E-state index contributed by atoms with van der Waals surface area (Å²) in [6, 6.07) is 15.0. The fourth-order valence-corrected chi connectivity index (χ4v) is 2.92. The number of para-hydroxylation sites is 1. The summed E-state index contributed by atoms with van der Waals surface area (Å²) in [6.07, 6.45) is 2.31. The van der Waals surface area contributed by atoms with E-state index >= 15 is 0 Å². The molecule has 25 heavy (non-hydrogen) atoms. The van der Waals surface area contributed by atoms with Crippen LogP contribution < -0.4 is 10.1 Å². The molecule has 3 rings (SSSR count). The first kappa shape index (κ1) is 17.0. The third kappa shape index (κ3) is 4.19. The van der Waals surface area contributed by atoms with Gasteiger partial charge in [0.1, 0.15) is 11.8 Å². The largest absolute Gasteiger partial charge is 0.494 e. The number of hydrogen-bond donors (Lipinski definition) is 3. The molecular formula is C20H22N2O3. The van der Waals surface area contributed by atoms with E-state index in [-0.39, 0.29) is 0 Å². The average Bonchev–Trinajstić information content (AvgIpc) is 3.02. The summed E-state index contributed by atoms with van der Waals surface area (Å²) in [6.45, 7) is 3.02. The second kappa shape index (κ2) is 7.85. The Morgan fingerprint density at radius 3 is 2.88 bits per heavy atom. The molecule has 1 aromatic heterocycles. The van der Waals surface area contributed by atoms with E-state index in [0.717, 1.165) is 27.8 Å². The minimum Gasteiger partial charge on any atom is -0.494 e. The molecule has 0 radical (unpaired) electrons. The zero-order valence-corrected chi connectivity index (χ0v) is 14.2. The van der Waals surface area contributed by atoms with Crippen LogP contribution in [0.4, 0.5) is 0 Å². The normalized spacial score (nSPS) is 12.2. The van der Waals surface area contributed by atoms with Crippen LogP contribution in [0.25, 0.3) is 10.9 Å². The van der Waals surface area contributed by atoms with E-state index in [2.05, 4.69) is 10.3 Å². The average molecular weight is 338 g/mol. The standard InChI is InChI=1S/C20H22N2O3/c1-2-25-16-7-5-6-14(10-16)12-21-19(20(23)24)11-15-13-22-18-9-4-3-8-17(15)18/h3-10,13,19,21-22H,2,11-12H2,1H3,(H,23,24). The molecule has 0 amide bonds. The molecule has 1 unspecified atom stereocenters. The van der Waals surface area contributed by atoms with Crippen LogP contribution in [0, 0.1) is 0 Å². The van der Waals surface area contributed by atoms with Gasteiger partial charge >= 0.3 is 5.97 Å². The molecule has 0 aliphatic heterocycles. The highest BCUT2D eigenvalue weighted by molar-refractivity contribution is 5.84. The number of hydrogen-bond acceptors (Lipinski definition) is 3. The van der Waals surface area contributed by atoms with Crippen LogP contribution >= 0.6 is 0 Å². The highest BCUT2D eigenvalue weighted by Crippen LogP contribution is 2.19. The maximum Gasteiger partial charge on any atom is 0.321 e. The van der Waals surface area contributed by atoms with Crippen LogP contribution in [-0.4, -0.2) is 28.7 Å². The van der Waals surface area contributed by atoms with Gasteiger partial charge < -0.3 is 20.1 Å². The Hall–Kier alpha value is -2.79. The number of ether oxygens (including phenoxy) is 1. The summed E-state index contributed by atoms with van der Waals surface area (Å²) >= 11 is 0. The fraction of sp³-hybridized carbons (Fsp3) is 0.250. The van der Waals surface area contributed by atoms with E-state index in [1.165, 1.54) is 0 Å². The van der Waals surface area contributed by atoms with Gasteiger partial charge in [0.15, 0.2) is 0 Å². The molecule has 3 aromatic rings. The Labute approximate surface area is 146 Å². The Morgan fingerprint density at radius 2 is 2.08 bits per heavy atom. The molecule has 1 heterocycles. The van der Waals surface area contributed by atoms with Crippen LogP contribution in [0.2, 0.25) is 0 Å². The topological polar surface area (TPSA) is 74.3 Å². The lowest BCUT2D eigenvalue weighted by atomic mass is 10.0. The monoisotopic (exact) mass is 338 g/mol. The first-order valence-electron chi connectivity index (χ1n) is 8.40. The molecule has 0 aliphatic rings. The number of carboxylic acids is 1. The summed E-state index contributed by atoms with van der Waals surface area (Å²) in [5, 5.41) is 13.8. The van der Waals surface area contributed by atoms with Crippen molar-refractivity contribution in [3.63, 3.8) is 0 Å². The first-order chi connectivity index (χ1) is 12.2. The number of fused-ring (bicyclic) bond motifs is 1. The molecular weight excluding hydrogens is 316 g/mol. The quantitative estimate of drug-likeness (QED) is 0.589. The number of carboxylic acid groups (broad SMARTS) is 1. The number of nitrogens with one attached hydrogen (secondary N) is 2. The molecule has 0 bridgehead atoms. The zero-order chi connectivity index (χ0) is 17.6. The number of aromatic nitrogens is 1. The second-order valence-electron chi connectivity index (χ2n) is 5.92. The maximum absolute atomic E-state index is 11.7. The lowest BCUT2D eigenvalue weighted by Crippen LogP contribution is -2.38. The molecule has 5 heteroatoms. The first-order valence-corrected chi connectivity index (χ1v) is 8.40. The molecule has 130 valence electrons. The van der Waals surface area contributed by atoms with Crippen LogP contribution in [0.15, 0.2) is 54.7 Å². The van der Waals surface area contributed by atoms with Crippen LogP contribution in [0.3, 0.4) is 0 Å². The molecule has 5 nitrogen and oxygen atoms in total.